The minimum Gasteiger partial charge on any atom is -0.310 e. The van der Waals surface area contributed by atoms with Gasteiger partial charge in [0, 0.05) is 22.5 Å². The Hall–Kier alpha value is -8.00. The number of anilines is 3. The summed E-state index contributed by atoms with van der Waals surface area (Å²) in [5.41, 5.74) is 23.2. The van der Waals surface area contributed by atoms with Crippen LogP contribution in [0, 0.1) is 0 Å². The first kappa shape index (κ1) is 38.7. The van der Waals surface area contributed by atoms with Gasteiger partial charge in [0.05, 0.1) is 5.41 Å². The summed E-state index contributed by atoms with van der Waals surface area (Å²) in [6.45, 7) is 4.78. The molecule has 1 nitrogen and oxygen atoms in total. The van der Waals surface area contributed by atoms with Crippen LogP contribution < -0.4 is 4.90 Å². The van der Waals surface area contributed by atoms with Crippen LogP contribution in [0.1, 0.15) is 47.2 Å². The average molecular weight is 830 g/mol. The number of hydrogen-bond acceptors (Lipinski definition) is 1. The molecule has 2 aliphatic rings. The average Bonchev–Trinajstić information content (AvgIpc) is 3.67. The van der Waals surface area contributed by atoms with Crippen LogP contribution in [-0.2, 0) is 10.8 Å². The van der Waals surface area contributed by atoms with Crippen LogP contribution in [0.4, 0.5) is 17.1 Å². The van der Waals surface area contributed by atoms with Crippen LogP contribution in [0.25, 0.3) is 55.6 Å². The first-order valence-electron chi connectivity index (χ1n) is 22.7. The fraction of sp³-hybridized carbons (Fsp3) is 0.0625. The first-order chi connectivity index (χ1) is 32.0. The topological polar surface area (TPSA) is 3.24 Å². The molecule has 0 fully saturated rings. The molecule has 12 rings (SSSR count). The third kappa shape index (κ3) is 6.22. The van der Waals surface area contributed by atoms with Crippen LogP contribution in [0.5, 0.6) is 0 Å². The Bertz CT molecular complexity index is 3250. The monoisotopic (exact) mass is 829 g/mol. The lowest BCUT2D eigenvalue weighted by atomic mass is 9.55. The third-order valence-electron chi connectivity index (χ3n) is 14.2. The zero-order valence-electron chi connectivity index (χ0n) is 36.6. The van der Waals surface area contributed by atoms with Crippen LogP contribution >= 0.6 is 0 Å². The predicted octanol–water partition coefficient (Wildman–Crippen LogP) is 16.8. The second-order valence-corrected chi connectivity index (χ2v) is 18.1. The van der Waals surface area contributed by atoms with Crippen molar-refractivity contribution in [1.82, 2.24) is 0 Å². The van der Waals surface area contributed by atoms with Gasteiger partial charge in [0.25, 0.3) is 0 Å². The van der Waals surface area contributed by atoms with E-state index in [9.17, 15) is 0 Å². The van der Waals surface area contributed by atoms with Gasteiger partial charge in [-0.2, -0.15) is 0 Å². The van der Waals surface area contributed by atoms with E-state index < -0.39 is 5.41 Å². The first-order valence-corrected chi connectivity index (χ1v) is 22.7. The molecule has 0 N–H and O–H groups in total. The highest BCUT2D eigenvalue weighted by atomic mass is 15.1. The van der Waals surface area contributed by atoms with Gasteiger partial charge in [0.2, 0.25) is 0 Å². The normalized spacial score (nSPS) is 13.6. The summed E-state index contributed by atoms with van der Waals surface area (Å²) in [5, 5.41) is 0. The van der Waals surface area contributed by atoms with E-state index in [2.05, 4.69) is 267 Å². The van der Waals surface area contributed by atoms with Gasteiger partial charge in [-0.15, -0.1) is 0 Å². The second-order valence-electron chi connectivity index (χ2n) is 18.1. The molecule has 2 aliphatic carbocycles. The summed E-state index contributed by atoms with van der Waals surface area (Å²) in [4.78, 5) is 2.37. The largest absolute Gasteiger partial charge is 0.310 e. The molecule has 0 unspecified atom stereocenters. The molecule has 0 aliphatic heterocycles. The lowest BCUT2D eigenvalue weighted by Crippen LogP contribution is -2.40. The maximum Gasteiger partial charge on any atom is 0.0719 e. The highest BCUT2D eigenvalue weighted by molar-refractivity contribution is 5.91. The van der Waals surface area contributed by atoms with Gasteiger partial charge in [0.1, 0.15) is 0 Å². The molecule has 10 aromatic rings. The molecule has 0 atom stereocenters. The molecule has 1 heteroatoms. The maximum atomic E-state index is 2.50. The molecule has 308 valence electrons. The van der Waals surface area contributed by atoms with E-state index in [1.54, 1.807) is 0 Å². The van der Waals surface area contributed by atoms with Crippen LogP contribution in [0.3, 0.4) is 0 Å². The summed E-state index contributed by atoms with van der Waals surface area (Å²) in [6.07, 6.45) is 0. The number of nitrogens with zero attached hydrogens (tertiary/aromatic N) is 1. The van der Waals surface area contributed by atoms with Gasteiger partial charge in [0.15, 0.2) is 0 Å². The summed E-state index contributed by atoms with van der Waals surface area (Å²) in [7, 11) is 0. The Balaban J connectivity index is 0.960. The molecule has 0 radical (unpaired) electrons. The molecule has 0 bridgehead atoms. The Morgan fingerprint density at radius 1 is 0.246 bits per heavy atom. The molecular formula is C64H47N. The van der Waals surface area contributed by atoms with Gasteiger partial charge < -0.3 is 4.90 Å². The number of hydrogen-bond donors (Lipinski definition) is 0. The van der Waals surface area contributed by atoms with E-state index in [0.717, 1.165) is 17.1 Å². The zero-order chi connectivity index (χ0) is 43.5. The van der Waals surface area contributed by atoms with E-state index in [1.807, 2.05) is 0 Å². The van der Waals surface area contributed by atoms with Crippen molar-refractivity contribution in [3.63, 3.8) is 0 Å². The maximum absolute atomic E-state index is 2.50. The molecular weight excluding hydrogens is 783 g/mol. The Labute approximate surface area is 382 Å². The van der Waals surface area contributed by atoms with Gasteiger partial charge in [-0.05, 0) is 138 Å². The van der Waals surface area contributed by atoms with Crippen LogP contribution in [0.2, 0.25) is 0 Å². The quantitative estimate of drug-likeness (QED) is 0.155. The zero-order valence-corrected chi connectivity index (χ0v) is 36.6. The van der Waals surface area contributed by atoms with Crippen LogP contribution in [-0.4, -0.2) is 0 Å². The lowest BCUT2D eigenvalue weighted by Gasteiger charge is -2.46. The molecule has 0 saturated heterocycles. The fourth-order valence-electron chi connectivity index (χ4n) is 11.1. The van der Waals surface area contributed by atoms with Crippen molar-refractivity contribution in [3.05, 3.63) is 282 Å². The number of fused-ring (bicyclic) bond motifs is 9. The minimum absolute atomic E-state index is 0.135. The van der Waals surface area contributed by atoms with Gasteiger partial charge in [-0.1, -0.05) is 214 Å². The molecule has 1 spiro atoms. The highest BCUT2D eigenvalue weighted by Crippen LogP contribution is 2.62. The van der Waals surface area contributed by atoms with Crippen molar-refractivity contribution in [1.29, 1.82) is 0 Å². The Kier molecular flexibility index (Phi) is 9.14. The fourth-order valence-corrected chi connectivity index (χ4v) is 11.1. The lowest BCUT2D eigenvalue weighted by molar-refractivity contribution is 0.563. The molecule has 65 heavy (non-hydrogen) atoms. The van der Waals surface area contributed by atoms with Crippen molar-refractivity contribution < 1.29 is 0 Å². The van der Waals surface area contributed by atoms with Crippen molar-refractivity contribution in [3.8, 4) is 55.6 Å². The van der Waals surface area contributed by atoms with Gasteiger partial charge >= 0.3 is 0 Å². The number of rotatable bonds is 7. The standard InChI is InChI=1S/C64H47N/c1-63(2)58-27-11-13-29-60(58)64(61-30-14-12-28-59(61)63)57-26-10-9-25-55(57)56-40-35-51(43-62(56)64)49-22-15-21-48(41-49)50-23-16-24-54(42-50)65(52-36-31-46(32-37-52)44-17-5-3-6-18-44)53-38-33-47(34-39-53)45-19-7-4-8-20-45/h3-43H,1-2H3. The van der Waals surface area contributed by atoms with E-state index >= 15 is 0 Å². The summed E-state index contributed by atoms with van der Waals surface area (Å²) in [5.74, 6) is 0. The Morgan fingerprint density at radius 2 is 0.631 bits per heavy atom. The Morgan fingerprint density at radius 3 is 1.18 bits per heavy atom. The van der Waals surface area contributed by atoms with Crippen LogP contribution in [0.15, 0.2) is 249 Å². The van der Waals surface area contributed by atoms with E-state index in [4.69, 9.17) is 0 Å². The predicted molar refractivity (Wildman–Crippen MR) is 272 cm³/mol. The molecule has 0 saturated carbocycles. The summed E-state index contributed by atoms with van der Waals surface area (Å²) >= 11 is 0. The highest BCUT2D eigenvalue weighted by Gasteiger charge is 2.53. The number of benzene rings is 10. The molecule has 0 aromatic heterocycles. The van der Waals surface area contributed by atoms with Gasteiger partial charge in [-0.25, -0.2) is 0 Å². The van der Waals surface area contributed by atoms with Crippen molar-refractivity contribution in [2.75, 3.05) is 4.90 Å². The SMILES string of the molecule is CC1(C)c2ccccc2C2(c3ccccc3-c3ccc(-c4cccc(-c5cccc(N(c6ccc(-c7ccccc7)cc6)c6ccc(-c7ccccc7)cc6)c5)c4)cc32)c2ccccc21. The molecule has 0 heterocycles. The van der Waals surface area contributed by atoms with Crippen molar-refractivity contribution in [2.45, 2.75) is 24.7 Å². The van der Waals surface area contributed by atoms with E-state index in [-0.39, 0.29) is 5.41 Å². The third-order valence-corrected chi connectivity index (χ3v) is 14.2. The van der Waals surface area contributed by atoms with E-state index in [0.29, 0.717) is 0 Å². The van der Waals surface area contributed by atoms with Crippen molar-refractivity contribution in [2.24, 2.45) is 0 Å². The van der Waals surface area contributed by atoms with Crippen molar-refractivity contribution >= 4 is 17.1 Å². The van der Waals surface area contributed by atoms with E-state index in [1.165, 1.54) is 89.0 Å². The second kappa shape index (κ2) is 15.4. The smallest absolute Gasteiger partial charge is 0.0719 e. The summed E-state index contributed by atoms with van der Waals surface area (Å²) in [6, 6.07) is 91.8. The summed E-state index contributed by atoms with van der Waals surface area (Å²) < 4.78 is 0. The molecule has 10 aromatic carbocycles. The minimum atomic E-state index is -0.432. The molecule has 0 amide bonds. The van der Waals surface area contributed by atoms with Gasteiger partial charge in [-0.3, -0.25) is 0 Å².